The van der Waals surface area contributed by atoms with Gasteiger partial charge in [-0.15, -0.1) is 11.3 Å². The fraction of sp³-hybridized carbons (Fsp3) is 0.259. The van der Waals surface area contributed by atoms with E-state index in [-0.39, 0.29) is 17.5 Å². The maximum atomic E-state index is 13.2. The zero-order chi connectivity index (χ0) is 24.5. The van der Waals surface area contributed by atoms with Crippen LogP contribution in [0.15, 0.2) is 71.7 Å². The molecule has 8 heteroatoms. The van der Waals surface area contributed by atoms with Gasteiger partial charge in [-0.2, -0.15) is 0 Å². The molecule has 0 atom stereocenters. The first kappa shape index (κ1) is 24.7. The van der Waals surface area contributed by atoms with Crippen molar-refractivity contribution in [1.29, 1.82) is 0 Å². The van der Waals surface area contributed by atoms with E-state index >= 15 is 0 Å². The number of rotatable bonds is 9. The molecule has 1 aromatic heterocycles. The van der Waals surface area contributed by atoms with Crippen LogP contribution in [0, 0.1) is 0 Å². The Hall–Kier alpha value is -3.46. The number of hydrogen-bond donors (Lipinski definition) is 2. The van der Waals surface area contributed by atoms with Gasteiger partial charge in [0.15, 0.2) is 0 Å². The minimum absolute atomic E-state index is 0.193. The average Bonchev–Trinajstić information content (AvgIpc) is 3.41. The predicted molar refractivity (Wildman–Crippen MR) is 137 cm³/mol. The van der Waals surface area contributed by atoms with Crippen molar-refractivity contribution in [3.63, 3.8) is 0 Å². The Morgan fingerprint density at radius 1 is 1.03 bits per heavy atom. The highest BCUT2D eigenvalue weighted by atomic mass is 32.1. The topological polar surface area (TPSA) is 79.9 Å². The van der Waals surface area contributed by atoms with Crippen LogP contribution in [-0.2, 0) is 22.6 Å². The quantitative estimate of drug-likeness (QED) is 0.447. The van der Waals surface area contributed by atoms with Crippen molar-refractivity contribution >= 4 is 29.2 Å². The van der Waals surface area contributed by atoms with Gasteiger partial charge in [0, 0.05) is 36.6 Å². The Morgan fingerprint density at radius 2 is 1.77 bits per heavy atom. The van der Waals surface area contributed by atoms with Gasteiger partial charge in [0.1, 0.15) is 11.4 Å². The van der Waals surface area contributed by atoms with E-state index in [1.54, 1.807) is 37.5 Å². The van der Waals surface area contributed by atoms with Gasteiger partial charge in [-0.05, 0) is 52.9 Å². The Kier molecular flexibility index (Phi) is 8.67. The summed E-state index contributed by atoms with van der Waals surface area (Å²) in [6.07, 6.45) is 1.70. The van der Waals surface area contributed by atoms with Crippen LogP contribution in [0.2, 0.25) is 0 Å². The maximum absolute atomic E-state index is 13.2. The standard InChI is InChI=1S/C27H29N3O4S/c1-33-23-10-8-20(9-11-23)26(31)29-25(17-24-7-4-16-35-24)27(32)28-18-21-5-2-3-6-22(21)19-30-12-14-34-15-13-30/h2-11,16-17H,12-15,18-19H2,1H3,(H,28,32)(H,29,31)/b25-17-. The van der Waals surface area contributed by atoms with E-state index in [0.29, 0.717) is 17.9 Å². The molecule has 1 aliphatic rings. The molecule has 35 heavy (non-hydrogen) atoms. The van der Waals surface area contributed by atoms with Gasteiger partial charge in [0.05, 0.1) is 20.3 Å². The van der Waals surface area contributed by atoms with Crippen LogP contribution in [0.25, 0.3) is 6.08 Å². The van der Waals surface area contributed by atoms with Crippen molar-refractivity contribution in [2.24, 2.45) is 0 Å². The minimum Gasteiger partial charge on any atom is -0.497 e. The van der Waals surface area contributed by atoms with E-state index in [9.17, 15) is 9.59 Å². The predicted octanol–water partition coefficient (Wildman–Crippen LogP) is 3.68. The summed E-state index contributed by atoms with van der Waals surface area (Å²) < 4.78 is 10.6. The van der Waals surface area contributed by atoms with Gasteiger partial charge in [0.25, 0.3) is 11.8 Å². The number of nitrogens with zero attached hydrogens (tertiary/aromatic N) is 1. The summed E-state index contributed by atoms with van der Waals surface area (Å²) in [6.45, 7) is 4.44. The molecule has 0 unspecified atom stereocenters. The summed E-state index contributed by atoms with van der Waals surface area (Å²) in [6, 6.07) is 18.6. The molecule has 0 aliphatic carbocycles. The highest BCUT2D eigenvalue weighted by Crippen LogP contribution is 2.16. The number of amides is 2. The SMILES string of the molecule is COc1ccc(C(=O)N/C(=C\c2cccs2)C(=O)NCc2ccccc2CN2CCOCC2)cc1. The molecule has 2 aromatic carbocycles. The molecule has 182 valence electrons. The molecule has 1 saturated heterocycles. The van der Waals surface area contributed by atoms with Crippen molar-refractivity contribution in [2.75, 3.05) is 33.4 Å². The van der Waals surface area contributed by atoms with Gasteiger partial charge < -0.3 is 20.1 Å². The highest BCUT2D eigenvalue weighted by Gasteiger charge is 2.17. The molecule has 4 rings (SSSR count). The largest absolute Gasteiger partial charge is 0.497 e. The van der Waals surface area contributed by atoms with Gasteiger partial charge in [-0.3, -0.25) is 14.5 Å². The van der Waals surface area contributed by atoms with Crippen molar-refractivity contribution in [1.82, 2.24) is 15.5 Å². The first-order chi connectivity index (χ1) is 17.1. The van der Waals surface area contributed by atoms with Gasteiger partial charge in [0.2, 0.25) is 0 Å². The van der Waals surface area contributed by atoms with Crippen LogP contribution in [0.1, 0.15) is 26.4 Å². The number of morpholine rings is 1. The minimum atomic E-state index is -0.363. The molecule has 0 spiro atoms. The number of methoxy groups -OCH3 is 1. The fourth-order valence-electron chi connectivity index (χ4n) is 3.77. The lowest BCUT2D eigenvalue weighted by molar-refractivity contribution is -0.117. The normalized spacial score (nSPS) is 14.4. The molecule has 0 saturated carbocycles. The van der Waals surface area contributed by atoms with Crippen molar-refractivity contribution in [3.8, 4) is 5.75 Å². The van der Waals surface area contributed by atoms with Gasteiger partial charge in [-0.1, -0.05) is 30.3 Å². The van der Waals surface area contributed by atoms with Gasteiger partial charge >= 0.3 is 0 Å². The Labute approximate surface area is 209 Å². The molecule has 7 nitrogen and oxygen atoms in total. The van der Waals surface area contributed by atoms with Crippen LogP contribution in [-0.4, -0.2) is 50.1 Å². The molecule has 0 radical (unpaired) electrons. The van der Waals surface area contributed by atoms with E-state index < -0.39 is 0 Å². The Morgan fingerprint density at radius 3 is 2.46 bits per heavy atom. The second-order valence-electron chi connectivity index (χ2n) is 8.10. The first-order valence-electron chi connectivity index (χ1n) is 11.5. The summed E-state index contributed by atoms with van der Waals surface area (Å²) in [5, 5.41) is 7.69. The number of nitrogens with one attached hydrogen (secondary N) is 2. The van der Waals surface area contributed by atoms with Crippen LogP contribution in [0.3, 0.4) is 0 Å². The number of thiophene rings is 1. The molecule has 2 amide bonds. The zero-order valence-corrected chi connectivity index (χ0v) is 20.5. The van der Waals surface area contributed by atoms with Crippen molar-refractivity contribution < 1.29 is 19.1 Å². The van der Waals surface area contributed by atoms with E-state index in [4.69, 9.17) is 9.47 Å². The second kappa shape index (κ2) is 12.3. The molecule has 1 fully saturated rings. The first-order valence-corrected chi connectivity index (χ1v) is 12.4. The lowest BCUT2D eigenvalue weighted by Crippen LogP contribution is -2.36. The van der Waals surface area contributed by atoms with Crippen LogP contribution in [0.4, 0.5) is 0 Å². The van der Waals surface area contributed by atoms with Crippen LogP contribution in [0.5, 0.6) is 5.75 Å². The number of hydrogen-bond acceptors (Lipinski definition) is 6. The summed E-state index contributed by atoms with van der Waals surface area (Å²) in [5.74, 6) is -0.0517. The Balaban J connectivity index is 1.46. The van der Waals surface area contributed by atoms with E-state index in [1.165, 1.54) is 16.9 Å². The van der Waals surface area contributed by atoms with Crippen LogP contribution < -0.4 is 15.4 Å². The molecule has 2 heterocycles. The number of carbonyl (C=O) groups is 2. The fourth-order valence-corrected chi connectivity index (χ4v) is 4.42. The molecule has 1 aliphatic heterocycles. The molecule has 3 aromatic rings. The monoisotopic (exact) mass is 491 g/mol. The van der Waals surface area contributed by atoms with Crippen molar-refractivity contribution in [3.05, 3.63) is 93.3 Å². The third kappa shape index (κ3) is 7.02. The van der Waals surface area contributed by atoms with Crippen LogP contribution >= 0.6 is 11.3 Å². The smallest absolute Gasteiger partial charge is 0.268 e. The number of benzene rings is 2. The summed E-state index contributed by atoms with van der Waals surface area (Å²) in [4.78, 5) is 29.2. The Bertz CT molecular complexity index is 1150. The molecular formula is C27H29N3O4S. The highest BCUT2D eigenvalue weighted by molar-refractivity contribution is 7.10. The average molecular weight is 492 g/mol. The third-order valence-corrected chi connectivity index (χ3v) is 6.55. The molecule has 0 bridgehead atoms. The second-order valence-corrected chi connectivity index (χ2v) is 9.08. The van der Waals surface area contributed by atoms with E-state index in [0.717, 1.165) is 43.3 Å². The summed E-state index contributed by atoms with van der Waals surface area (Å²) >= 11 is 1.49. The zero-order valence-electron chi connectivity index (χ0n) is 19.7. The molecular weight excluding hydrogens is 462 g/mol. The summed E-state index contributed by atoms with van der Waals surface area (Å²) in [5.41, 5.74) is 2.84. The van der Waals surface area contributed by atoms with Gasteiger partial charge in [-0.25, -0.2) is 0 Å². The lowest BCUT2D eigenvalue weighted by atomic mass is 10.1. The maximum Gasteiger partial charge on any atom is 0.268 e. The lowest BCUT2D eigenvalue weighted by Gasteiger charge is -2.27. The number of carbonyl (C=O) groups excluding carboxylic acids is 2. The third-order valence-electron chi connectivity index (χ3n) is 5.73. The molecule has 2 N–H and O–H groups in total. The summed E-state index contributed by atoms with van der Waals surface area (Å²) in [7, 11) is 1.57. The van der Waals surface area contributed by atoms with Crippen molar-refractivity contribution in [2.45, 2.75) is 13.1 Å². The van der Waals surface area contributed by atoms with E-state index in [1.807, 2.05) is 35.7 Å². The van der Waals surface area contributed by atoms with E-state index in [2.05, 4.69) is 21.6 Å². The number of ether oxygens (including phenoxy) is 2.